The van der Waals surface area contributed by atoms with Gasteiger partial charge in [-0.25, -0.2) is 9.59 Å². The molecule has 6 rings (SSSR count). The van der Waals surface area contributed by atoms with Crippen molar-refractivity contribution >= 4 is 57.3 Å². The van der Waals surface area contributed by atoms with E-state index in [9.17, 15) is 9.59 Å². The molecule has 2 aromatic carbocycles. The predicted molar refractivity (Wildman–Crippen MR) is 140 cm³/mol. The molecule has 2 aliphatic rings. The van der Waals surface area contributed by atoms with Gasteiger partial charge < -0.3 is 18.8 Å². The van der Waals surface area contributed by atoms with Crippen LogP contribution < -0.4 is 0 Å². The second-order valence-electron chi connectivity index (χ2n) is 9.71. The summed E-state index contributed by atoms with van der Waals surface area (Å²) in [6, 6.07) is 16.1. The minimum absolute atomic E-state index is 0. The molecule has 2 aliphatic heterocycles. The summed E-state index contributed by atoms with van der Waals surface area (Å²) in [6.45, 7) is 1.88. The average molecular weight is 490 g/mol. The number of carbonyl (C=O) groups excluding carboxylic acids is 2. The van der Waals surface area contributed by atoms with E-state index in [2.05, 4.69) is 35.7 Å². The Balaban J connectivity index is 0.00000253. The van der Waals surface area contributed by atoms with Crippen molar-refractivity contribution in [2.45, 2.75) is 19.4 Å². The van der Waals surface area contributed by atoms with Crippen molar-refractivity contribution in [2.24, 2.45) is 13.0 Å². The maximum Gasteiger partial charge on any atom is 0.347 e. The van der Waals surface area contributed by atoms with Gasteiger partial charge in [0.15, 0.2) is 0 Å². The molecule has 0 saturated carbocycles. The lowest BCUT2D eigenvalue weighted by atomic mass is 9.89. The number of rotatable bonds is 4. The van der Waals surface area contributed by atoms with Crippen LogP contribution in [-0.2, 0) is 34.3 Å². The van der Waals surface area contributed by atoms with E-state index in [1.165, 1.54) is 0 Å². The molecule has 0 aliphatic carbocycles. The van der Waals surface area contributed by atoms with Gasteiger partial charge in [0.05, 0.1) is 11.1 Å². The van der Waals surface area contributed by atoms with Gasteiger partial charge in [-0.2, -0.15) is 0 Å². The number of esters is 2. The third-order valence-electron chi connectivity index (χ3n) is 7.20. The molecule has 2 aromatic heterocycles. The van der Waals surface area contributed by atoms with Crippen LogP contribution in [-0.4, -0.2) is 46.6 Å². The topological polar surface area (TPSA) is 56.5 Å². The van der Waals surface area contributed by atoms with Crippen LogP contribution in [0.25, 0.3) is 33.0 Å². The van der Waals surface area contributed by atoms with Crippen molar-refractivity contribution in [3.8, 4) is 0 Å². The third kappa shape index (κ3) is 3.60. The van der Waals surface area contributed by atoms with E-state index in [1.54, 1.807) is 0 Å². The summed E-state index contributed by atoms with van der Waals surface area (Å²) in [5.41, 5.74) is 5.61. The van der Waals surface area contributed by atoms with Crippen molar-refractivity contribution in [1.82, 2.24) is 14.0 Å². The molecule has 0 N–H and O–H groups in total. The van der Waals surface area contributed by atoms with Crippen LogP contribution in [0.1, 0.15) is 23.2 Å². The Labute approximate surface area is 210 Å². The summed E-state index contributed by atoms with van der Waals surface area (Å²) in [7, 11) is 6.15. The zero-order chi connectivity index (χ0) is 23.6. The number of aryl methyl sites for hydroxylation is 2. The Morgan fingerprint density at radius 1 is 0.943 bits per heavy atom. The first-order valence-corrected chi connectivity index (χ1v) is 11.7. The molecule has 1 atom stereocenters. The number of ether oxygens (including phenoxy) is 1. The van der Waals surface area contributed by atoms with Gasteiger partial charge in [-0.15, -0.1) is 12.4 Å². The lowest BCUT2D eigenvalue weighted by Crippen LogP contribution is -2.29. The summed E-state index contributed by atoms with van der Waals surface area (Å²) in [5.74, 6) is -0.636. The van der Waals surface area contributed by atoms with Gasteiger partial charge in [0, 0.05) is 65.0 Å². The number of cyclic esters (lactones) is 2. The van der Waals surface area contributed by atoms with Crippen LogP contribution in [0, 0.1) is 5.92 Å². The first kappa shape index (κ1) is 23.4. The molecule has 0 spiro atoms. The molecule has 6 nitrogen and oxygen atoms in total. The highest BCUT2D eigenvalue weighted by Gasteiger charge is 2.40. The highest BCUT2D eigenvalue weighted by atomic mass is 35.5. The summed E-state index contributed by atoms with van der Waals surface area (Å²) < 4.78 is 9.60. The number of nitrogens with zero attached hydrogens (tertiary/aromatic N) is 3. The molecule has 4 heterocycles. The normalized spacial score (nSPS) is 17.9. The van der Waals surface area contributed by atoms with E-state index in [4.69, 9.17) is 4.74 Å². The van der Waals surface area contributed by atoms with E-state index >= 15 is 0 Å². The van der Waals surface area contributed by atoms with E-state index < -0.39 is 11.9 Å². The Bertz CT molecular complexity index is 1530. The molecular formula is C28H28ClN3O3. The molecule has 0 fully saturated rings. The van der Waals surface area contributed by atoms with Crippen LogP contribution in [0.2, 0.25) is 0 Å². The summed E-state index contributed by atoms with van der Waals surface area (Å²) in [5, 5.41) is 1.94. The summed E-state index contributed by atoms with van der Waals surface area (Å²) in [4.78, 5) is 28.6. The maximum absolute atomic E-state index is 13.3. The molecule has 0 radical (unpaired) electrons. The van der Waals surface area contributed by atoms with Gasteiger partial charge in [0.2, 0.25) is 0 Å². The molecule has 0 saturated heterocycles. The first-order chi connectivity index (χ1) is 16.4. The second-order valence-corrected chi connectivity index (χ2v) is 9.71. The largest absolute Gasteiger partial charge is 0.386 e. The Hall–Kier alpha value is -3.35. The minimum Gasteiger partial charge on any atom is -0.386 e. The smallest absolute Gasteiger partial charge is 0.347 e. The van der Waals surface area contributed by atoms with Crippen molar-refractivity contribution in [2.75, 3.05) is 20.6 Å². The predicted octanol–water partition coefficient (Wildman–Crippen LogP) is 4.67. The van der Waals surface area contributed by atoms with Crippen molar-refractivity contribution in [3.05, 3.63) is 71.5 Å². The highest BCUT2D eigenvalue weighted by Crippen LogP contribution is 2.44. The van der Waals surface area contributed by atoms with E-state index in [0.29, 0.717) is 17.1 Å². The number of halogens is 1. The lowest BCUT2D eigenvalue weighted by Gasteiger charge is -2.28. The van der Waals surface area contributed by atoms with Gasteiger partial charge >= 0.3 is 11.9 Å². The molecule has 35 heavy (non-hydrogen) atoms. The Morgan fingerprint density at radius 2 is 1.60 bits per heavy atom. The second kappa shape index (κ2) is 8.70. The molecule has 0 amide bonds. The number of aromatic nitrogens is 2. The number of carbonyl (C=O) groups is 2. The van der Waals surface area contributed by atoms with Gasteiger partial charge in [-0.3, -0.25) is 0 Å². The van der Waals surface area contributed by atoms with Crippen LogP contribution in [0.5, 0.6) is 0 Å². The van der Waals surface area contributed by atoms with Crippen LogP contribution in [0.3, 0.4) is 0 Å². The van der Waals surface area contributed by atoms with Gasteiger partial charge in [-0.1, -0.05) is 36.4 Å². The van der Waals surface area contributed by atoms with E-state index in [1.807, 2.05) is 54.2 Å². The lowest BCUT2D eigenvalue weighted by molar-refractivity contribution is -0.149. The first-order valence-electron chi connectivity index (χ1n) is 11.7. The number of hydrogen-bond acceptors (Lipinski definition) is 4. The van der Waals surface area contributed by atoms with E-state index in [0.717, 1.165) is 64.6 Å². The van der Waals surface area contributed by atoms with Gasteiger partial charge in [0.25, 0.3) is 0 Å². The molecule has 7 heteroatoms. The SMILES string of the molecule is CN(C)CC1CCn2c(c(C3=C(c4cn(C)c5ccccc45)C(=O)OC3=O)c3ccccc32)C1.Cl. The summed E-state index contributed by atoms with van der Waals surface area (Å²) in [6.07, 6.45) is 3.87. The number of benzene rings is 2. The molecule has 1 unspecified atom stereocenters. The fourth-order valence-corrected chi connectivity index (χ4v) is 5.87. The van der Waals surface area contributed by atoms with E-state index in [-0.39, 0.29) is 12.4 Å². The Morgan fingerprint density at radius 3 is 2.34 bits per heavy atom. The molecular weight excluding hydrogens is 462 g/mol. The number of fused-ring (bicyclic) bond motifs is 4. The number of hydrogen-bond donors (Lipinski definition) is 0. The van der Waals surface area contributed by atoms with Gasteiger partial charge in [0.1, 0.15) is 0 Å². The minimum atomic E-state index is -0.568. The van der Waals surface area contributed by atoms with Crippen molar-refractivity contribution in [1.29, 1.82) is 0 Å². The van der Waals surface area contributed by atoms with Crippen molar-refractivity contribution < 1.29 is 14.3 Å². The van der Waals surface area contributed by atoms with Crippen LogP contribution in [0.15, 0.2) is 54.7 Å². The number of para-hydroxylation sites is 2. The standard InChI is InChI=1S/C28H27N3O3.ClH/c1-29(2)15-17-12-13-31-22-11-7-5-9-19(22)24(23(31)14-17)26-25(27(32)34-28(26)33)20-16-30(3)21-10-6-4-8-18(20)21;/h4-11,16-17H,12-15H2,1-3H3;1H. The quantitative estimate of drug-likeness (QED) is 0.309. The maximum atomic E-state index is 13.3. The monoisotopic (exact) mass is 489 g/mol. The van der Waals surface area contributed by atoms with Crippen LogP contribution in [0.4, 0.5) is 0 Å². The van der Waals surface area contributed by atoms with Gasteiger partial charge in [-0.05, 0) is 45.0 Å². The summed E-state index contributed by atoms with van der Waals surface area (Å²) >= 11 is 0. The molecule has 180 valence electrons. The average Bonchev–Trinajstić information content (AvgIpc) is 3.41. The zero-order valence-corrected chi connectivity index (χ0v) is 20.9. The van der Waals surface area contributed by atoms with Crippen molar-refractivity contribution in [3.63, 3.8) is 0 Å². The molecule has 0 bridgehead atoms. The Kier molecular flexibility index (Phi) is 5.82. The molecule has 4 aromatic rings. The fraction of sp³-hybridized carbons (Fsp3) is 0.286. The fourth-order valence-electron chi connectivity index (χ4n) is 5.87. The van der Waals surface area contributed by atoms with Crippen LogP contribution >= 0.6 is 12.4 Å². The third-order valence-corrected chi connectivity index (χ3v) is 7.20. The highest BCUT2D eigenvalue weighted by molar-refractivity contribution is 6.47. The zero-order valence-electron chi connectivity index (χ0n) is 20.1.